The highest BCUT2D eigenvalue weighted by Gasteiger charge is 2.57. The van der Waals surface area contributed by atoms with Gasteiger partial charge in [-0.05, 0) is 45.4 Å². The van der Waals surface area contributed by atoms with Crippen LogP contribution in [-0.4, -0.2) is 61.5 Å². The highest BCUT2D eigenvalue weighted by Crippen LogP contribution is 2.46. The lowest BCUT2D eigenvalue weighted by molar-refractivity contribution is -0.163. The fourth-order valence-corrected chi connectivity index (χ4v) is 11.2. The molecule has 0 saturated carbocycles. The summed E-state index contributed by atoms with van der Waals surface area (Å²) in [6.07, 6.45) is 2.94. The number of hydrogen-bond acceptors (Lipinski definition) is 11. The first-order valence-electron chi connectivity index (χ1n) is 20.7. The maximum absolute atomic E-state index is 14.6. The zero-order valence-electron chi connectivity index (χ0n) is 34.3. The number of ether oxygens (including phenoxy) is 1. The molecule has 2 aliphatic heterocycles. The summed E-state index contributed by atoms with van der Waals surface area (Å²) in [6, 6.07) is 52.2. The lowest BCUT2D eigenvalue weighted by Crippen LogP contribution is -2.73. The number of esters is 1. The number of β-lactam (4-membered cyclic amide) rings is 1. The van der Waals surface area contributed by atoms with Gasteiger partial charge in [-0.2, -0.15) is 0 Å². The van der Waals surface area contributed by atoms with Crippen LogP contribution >= 0.6 is 34.9 Å². The Balaban J connectivity index is 0.922. The molecule has 9 rings (SSSR count). The molecule has 4 heterocycles. The lowest BCUT2D eigenvalue weighted by atomic mass is 9.77. The highest BCUT2D eigenvalue weighted by molar-refractivity contribution is 8.02. The van der Waals surface area contributed by atoms with Crippen molar-refractivity contribution in [3.63, 3.8) is 0 Å². The molecule has 2 saturated heterocycles. The molecule has 320 valence electrons. The van der Waals surface area contributed by atoms with Crippen molar-refractivity contribution in [1.82, 2.24) is 20.2 Å². The first-order valence-corrected chi connectivity index (χ1v) is 23.5. The third kappa shape index (κ3) is 8.72. The van der Waals surface area contributed by atoms with E-state index in [0.29, 0.717) is 5.13 Å². The number of nitrogens with one attached hydrogen (secondary N) is 2. The zero-order chi connectivity index (χ0) is 43.9. The van der Waals surface area contributed by atoms with Crippen LogP contribution in [0, 0.1) is 5.41 Å². The minimum absolute atomic E-state index is 0.0464. The summed E-state index contributed by atoms with van der Waals surface area (Å²) >= 11 is 4.08. The average molecular weight is 902 g/mol. The number of thiazole rings is 1. The van der Waals surface area contributed by atoms with Crippen LogP contribution in [0.2, 0.25) is 0 Å². The Labute approximate surface area is 383 Å². The van der Waals surface area contributed by atoms with Crippen molar-refractivity contribution >= 4 is 57.8 Å². The Morgan fingerprint density at radius 2 is 1.38 bits per heavy atom. The monoisotopic (exact) mass is 901 g/mol. The van der Waals surface area contributed by atoms with E-state index < -0.39 is 46.5 Å². The van der Waals surface area contributed by atoms with E-state index in [1.54, 1.807) is 22.7 Å². The van der Waals surface area contributed by atoms with E-state index in [0.717, 1.165) is 32.7 Å². The smallest absolute Gasteiger partial charge is 0.319 e. The van der Waals surface area contributed by atoms with Crippen LogP contribution in [0.4, 0.5) is 5.13 Å². The topological polar surface area (TPSA) is 134 Å². The number of carbonyl (C=O) groups excluding carboxylic acids is 3. The zero-order valence-corrected chi connectivity index (χ0v) is 36.8. The lowest BCUT2D eigenvalue weighted by Gasteiger charge is -2.53. The molecule has 3 unspecified atom stereocenters. The number of pyridine rings is 1. The summed E-state index contributed by atoms with van der Waals surface area (Å²) in [4.78, 5) is 53.7. The third-order valence-electron chi connectivity index (χ3n) is 11.4. The summed E-state index contributed by atoms with van der Waals surface area (Å²) < 4.78 is 6.41. The summed E-state index contributed by atoms with van der Waals surface area (Å²) in [5.74, 6) is -1.29. The van der Waals surface area contributed by atoms with Crippen molar-refractivity contribution in [3.05, 3.63) is 227 Å². The van der Waals surface area contributed by atoms with Crippen LogP contribution in [0.25, 0.3) is 0 Å². The van der Waals surface area contributed by atoms with Crippen molar-refractivity contribution in [2.24, 2.45) is 5.41 Å². The Morgan fingerprint density at radius 3 is 1.92 bits per heavy atom. The van der Waals surface area contributed by atoms with Gasteiger partial charge in [0.05, 0.1) is 5.69 Å². The van der Waals surface area contributed by atoms with Gasteiger partial charge < -0.3 is 25.4 Å². The second-order valence-corrected chi connectivity index (χ2v) is 18.4. The maximum Gasteiger partial charge on any atom is 0.319 e. The Bertz CT molecular complexity index is 2580. The van der Waals surface area contributed by atoms with E-state index in [1.807, 2.05) is 139 Å². The van der Waals surface area contributed by atoms with Gasteiger partial charge in [0.1, 0.15) is 22.4 Å². The number of nitrogens with zero attached hydrogens (tertiary/aromatic N) is 3. The fraction of sp³-hybridized carbons (Fsp3) is 0.157. The van der Waals surface area contributed by atoms with Crippen LogP contribution < -0.4 is 10.6 Å². The number of rotatable bonds is 15. The van der Waals surface area contributed by atoms with Crippen molar-refractivity contribution in [2.75, 3.05) is 17.6 Å². The van der Waals surface area contributed by atoms with Gasteiger partial charge in [0, 0.05) is 35.0 Å². The van der Waals surface area contributed by atoms with Crippen molar-refractivity contribution < 1.29 is 24.2 Å². The van der Waals surface area contributed by atoms with Crippen molar-refractivity contribution in [1.29, 1.82) is 0 Å². The van der Waals surface area contributed by atoms with Crippen molar-refractivity contribution in [3.8, 4) is 0 Å². The van der Waals surface area contributed by atoms with E-state index in [1.165, 1.54) is 34.9 Å². The molecular weight excluding hydrogens is 859 g/mol. The van der Waals surface area contributed by atoms with Gasteiger partial charge in [-0.25, -0.2) is 4.98 Å². The molecule has 10 nitrogen and oxygen atoms in total. The van der Waals surface area contributed by atoms with Crippen molar-refractivity contribution in [2.45, 2.75) is 34.1 Å². The van der Waals surface area contributed by atoms with E-state index in [2.05, 4.69) is 52.0 Å². The largest absolute Gasteiger partial charge is 0.452 e. The molecule has 0 radical (unpaired) electrons. The van der Waals surface area contributed by atoms with E-state index in [4.69, 9.17) is 9.72 Å². The summed E-state index contributed by atoms with van der Waals surface area (Å²) in [6.45, 7) is 0.0464. The summed E-state index contributed by atoms with van der Waals surface area (Å²) in [5.41, 5.74) is 2.66. The van der Waals surface area contributed by atoms with Crippen LogP contribution in [0.15, 0.2) is 198 Å². The number of aliphatic hydroxyl groups is 1. The molecular formula is C51H43N5O5S3. The Morgan fingerprint density at radius 1 is 0.812 bits per heavy atom. The van der Waals surface area contributed by atoms with Gasteiger partial charge in [0.15, 0.2) is 17.3 Å². The standard InChI is InChI=1S/C51H43N5O5S3/c57-43(41-32-63-49(53-41)55-51(37-21-10-3-11-22-37,38-23-12-4-13-24-38)39-25-14-5-15-26-39)45(58)54-42-46(59)56-33-50(34-64-47(42)56,28-30-62-40-27-16-29-52-31-40)48(60)61-44(35-17-6-1-7-18-35)36-19-8-2-9-20-36/h1-32,42-44,47,57H,33-34H2,(H,53,55)(H,54,58)/t42?,43?,47-,50?/m1/s1. The highest BCUT2D eigenvalue weighted by atomic mass is 32.2. The van der Waals surface area contributed by atoms with Gasteiger partial charge in [-0.15, -0.1) is 23.1 Å². The predicted molar refractivity (Wildman–Crippen MR) is 252 cm³/mol. The molecule has 2 aliphatic rings. The molecule has 64 heavy (non-hydrogen) atoms. The fourth-order valence-electron chi connectivity index (χ4n) is 8.13. The summed E-state index contributed by atoms with van der Waals surface area (Å²) in [5, 5.41) is 21.4. The number of thioether (sulfide) groups is 2. The number of fused-ring (bicyclic) bond motifs is 1. The number of anilines is 1. The number of benzene rings is 5. The van der Waals surface area contributed by atoms with E-state index >= 15 is 0 Å². The molecule has 13 heteroatoms. The van der Waals surface area contributed by atoms with Gasteiger partial charge >= 0.3 is 5.97 Å². The van der Waals surface area contributed by atoms with E-state index in [9.17, 15) is 19.5 Å². The van der Waals surface area contributed by atoms with Gasteiger partial charge in [-0.1, -0.05) is 169 Å². The van der Waals surface area contributed by atoms with Crippen LogP contribution in [-0.2, 0) is 24.7 Å². The second-order valence-electron chi connectivity index (χ2n) is 15.5. The first-order chi connectivity index (χ1) is 31.3. The first kappa shape index (κ1) is 42.8. The van der Waals surface area contributed by atoms with Gasteiger partial charge in [0.2, 0.25) is 5.91 Å². The molecule has 7 aromatic rings. The second kappa shape index (κ2) is 19.1. The van der Waals surface area contributed by atoms with Crippen LogP contribution in [0.3, 0.4) is 0 Å². The molecule has 5 aromatic carbocycles. The van der Waals surface area contributed by atoms with Crippen LogP contribution in [0.1, 0.15) is 45.7 Å². The minimum Gasteiger partial charge on any atom is -0.452 e. The number of hydrogen-bond donors (Lipinski definition) is 3. The minimum atomic E-state index is -1.64. The SMILES string of the molecule is O=C(NC1C(=O)N2CC(C=CSc3cccnc3)(C(=O)OC(c3ccccc3)c3ccccc3)CS[C@H]12)C(O)c1csc(NC(c2ccccc2)(c2ccccc2)c2ccccc2)n1. The molecule has 2 amide bonds. The summed E-state index contributed by atoms with van der Waals surface area (Å²) in [7, 11) is 0. The van der Waals surface area contributed by atoms with Gasteiger partial charge in [-0.3, -0.25) is 19.4 Å². The number of aromatic nitrogens is 2. The molecule has 0 spiro atoms. The molecule has 0 bridgehead atoms. The van der Waals surface area contributed by atoms with E-state index in [-0.39, 0.29) is 23.9 Å². The number of carbonyl (C=O) groups is 3. The number of aliphatic hydroxyl groups excluding tert-OH is 1. The van der Waals surface area contributed by atoms with Gasteiger partial charge in [0.25, 0.3) is 5.91 Å². The Kier molecular flexibility index (Phi) is 12.7. The van der Waals surface area contributed by atoms with Crippen LogP contribution in [0.5, 0.6) is 0 Å². The molecule has 0 aliphatic carbocycles. The quantitative estimate of drug-likeness (QED) is 0.0397. The molecule has 4 atom stereocenters. The predicted octanol–water partition coefficient (Wildman–Crippen LogP) is 9.00. The molecule has 2 aromatic heterocycles. The average Bonchev–Trinajstić information content (AvgIpc) is 3.83. The molecule has 3 N–H and O–H groups in total. The Hall–Kier alpha value is -6.51. The maximum atomic E-state index is 14.6. The normalized spacial score (nSPS) is 18.8. The number of amides is 2. The third-order valence-corrected chi connectivity index (χ3v) is 14.5. The molecule has 2 fully saturated rings.